The standard InChI is InChI=1S/C14H19BrN2O3/c1-9-10(15)5-4-6-11(9)16-13(20)17-14(2,3)8-7-12(18)19/h4-6H,7-8H2,1-3H3,(H,18,19)(H2,16,17,20). The molecule has 0 saturated heterocycles. The number of halogens is 1. The second-order valence-corrected chi connectivity index (χ2v) is 6.12. The third-order valence-corrected chi connectivity index (χ3v) is 3.79. The van der Waals surface area contributed by atoms with Crippen molar-refractivity contribution in [2.45, 2.75) is 39.2 Å². The zero-order chi connectivity index (χ0) is 15.3. The Morgan fingerprint density at radius 2 is 2.00 bits per heavy atom. The number of urea groups is 1. The number of carboxylic acids is 1. The van der Waals surface area contributed by atoms with Crippen LogP contribution in [0.1, 0.15) is 32.3 Å². The maximum atomic E-state index is 12.0. The highest BCUT2D eigenvalue weighted by molar-refractivity contribution is 9.10. The van der Waals surface area contributed by atoms with E-state index in [0.717, 1.165) is 10.0 Å². The summed E-state index contributed by atoms with van der Waals surface area (Å²) in [5.74, 6) is -0.872. The van der Waals surface area contributed by atoms with Crippen LogP contribution in [0, 0.1) is 6.92 Å². The SMILES string of the molecule is Cc1c(Br)cccc1NC(=O)NC(C)(C)CCC(=O)O. The van der Waals surface area contributed by atoms with Crippen LogP contribution in [0.4, 0.5) is 10.5 Å². The Balaban J connectivity index is 2.63. The minimum Gasteiger partial charge on any atom is -0.481 e. The van der Waals surface area contributed by atoms with Crippen molar-refractivity contribution in [2.75, 3.05) is 5.32 Å². The van der Waals surface area contributed by atoms with Gasteiger partial charge in [0.25, 0.3) is 0 Å². The number of carbonyl (C=O) groups is 2. The average Bonchev–Trinajstić information content (AvgIpc) is 2.32. The van der Waals surface area contributed by atoms with Gasteiger partial charge in [0, 0.05) is 22.1 Å². The number of hydrogen-bond acceptors (Lipinski definition) is 2. The van der Waals surface area contributed by atoms with Gasteiger partial charge in [-0.25, -0.2) is 4.79 Å². The van der Waals surface area contributed by atoms with Gasteiger partial charge in [-0.15, -0.1) is 0 Å². The first-order valence-corrected chi connectivity index (χ1v) is 7.06. The first kappa shape index (κ1) is 16.5. The van der Waals surface area contributed by atoms with Crippen LogP contribution in [0.15, 0.2) is 22.7 Å². The van der Waals surface area contributed by atoms with Crippen molar-refractivity contribution in [1.29, 1.82) is 0 Å². The summed E-state index contributed by atoms with van der Waals surface area (Å²) in [7, 11) is 0. The van der Waals surface area contributed by atoms with Crippen LogP contribution in [0.5, 0.6) is 0 Å². The Labute approximate surface area is 126 Å². The van der Waals surface area contributed by atoms with E-state index in [1.165, 1.54) is 0 Å². The van der Waals surface area contributed by atoms with Crippen LogP contribution in [0.25, 0.3) is 0 Å². The van der Waals surface area contributed by atoms with Gasteiger partial charge in [0.15, 0.2) is 0 Å². The lowest BCUT2D eigenvalue weighted by molar-refractivity contribution is -0.137. The molecule has 0 atom stereocenters. The monoisotopic (exact) mass is 342 g/mol. The van der Waals surface area contributed by atoms with Crippen molar-refractivity contribution in [3.05, 3.63) is 28.2 Å². The van der Waals surface area contributed by atoms with E-state index in [9.17, 15) is 9.59 Å². The Bertz CT molecular complexity index is 515. The largest absolute Gasteiger partial charge is 0.481 e. The number of anilines is 1. The predicted octanol–water partition coefficient (Wildman–Crippen LogP) is 3.52. The summed E-state index contributed by atoms with van der Waals surface area (Å²) >= 11 is 3.40. The van der Waals surface area contributed by atoms with E-state index in [1.54, 1.807) is 13.8 Å². The third kappa shape index (κ3) is 5.21. The highest BCUT2D eigenvalue weighted by atomic mass is 79.9. The molecule has 0 bridgehead atoms. The smallest absolute Gasteiger partial charge is 0.319 e. The maximum Gasteiger partial charge on any atom is 0.319 e. The van der Waals surface area contributed by atoms with Crippen LogP contribution in [-0.2, 0) is 4.79 Å². The first-order valence-electron chi connectivity index (χ1n) is 6.27. The van der Waals surface area contributed by atoms with Crippen molar-refractivity contribution in [1.82, 2.24) is 5.32 Å². The molecule has 6 heteroatoms. The van der Waals surface area contributed by atoms with Gasteiger partial charge in [0.2, 0.25) is 0 Å². The maximum absolute atomic E-state index is 12.0. The van der Waals surface area contributed by atoms with Crippen LogP contribution >= 0.6 is 15.9 Å². The van der Waals surface area contributed by atoms with Crippen LogP contribution in [-0.4, -0.2) is 22.6 Å². The molecule has 3 N–H and O–H groups in total. The van der Waals surface area contributed by atoms with Crippen molar-refractivity contribution in [2.24, 2.45) is 0 Å². The Morgan fingerprint density at radius 1 is 1.35 bits per heavy atom. The summed E-state index contributed by atoms with van der Waals surface area (Å²) in [6.45, 7) is 5.49. The minimum atomic E-state index is -0.872. The molecule has 1 aromatic rings. The van der Waals surface area contributed by atoms with Gasteiger partial charge in [-0.1, -0.05) is 22.0 Å². The molecule has 0 aliphatic rings. The summed E-state index contributed by atoms with van der Waals surface area (Å²) in [4.78, 5) is 22.5. The van der Waals surface area contributed by atoms with Gasteiger partial charge in [-0.05, 0) is 44.9 Å². The molecule has 0 saturated carbocycles. The lowest BCUT2D eigenvalue weighted by Crippen LogP contribution is -2.45. The van der Waals surface area contributed by atoms with Gasteiger partial charge < -0.3 is 15.7 Å². The Hall–Kier alpha value is -1.56. The molecule has 2 amide bonds. The Morgan fingerprint density at radius 3 is 2.60 bits per heavy atom. The van der Waals surface area contributed by atoms with Crippen molar-refractivity contribution < 1.29 is 14.7 Å². The number of benzene rings is 1. The van der Waals surface area contributed by atoms with E-state index in [1.807, 2.05) is 25.1 Å². The minimum absolute atomic E-state index is 0.0171. The fourth-order valence-electron chi connectivity index (χ4n) is 1.69. The number of aliphatic carboxylic acids is 1. The molecule has 0 aliphatic carbocycles. The fourth-order valence-corrected chi connectivity index (χ4v) is 2.05. The molecule has 110 valence electrons. The molecule has 20 heavy (non-hydrogen) atoms. The molecule has 0 aromatic heterocycles. The molecule has 1 rings (SSSR count). The molecule has 0 aliphatic heterocycles. The van der Waals surface area contributed by atoms with E-state index >= 15 is 0 Å². The number of nitrogens with one attached hydrogen (secondary N) is 2. The normalized spacial score (nSPS) is 11.0. The Kier molecular flexibility index (Phi) is 5.56. The number of amides is 2. The average molecular weight is 343 g/mol. The number of rotatable bonds is 5. The molecular weight excluding hydrogens is 324 g/mol. The molecule has 0 heterocycles. The molecule has 0 fully saturated rings. The molecule has 0 spiro atoms. The quantitative estimate of drug-likeness (QED) is 0.765. The van der Waals surface area contributed by atoms with Crippen LogP contribution in [0.2, 0.25) is 0 Å². The summed E-state index contributed by atoms with van der Waals surface area (Å²) < 4.78 is 0.917. The molecule has 1 aromatic carbocycles. The third-order valence-electron chi connectivity index (χ3n) is 2.93. The fraction of sp³-hybridized carbons (Fsp3) is 0.429. The van der Waals surface area contributed by atoms with E-state index in [2.05, 4.69) is 26.6 Å². The molecular formula is C14H19BrN2O3. The zero-order valence-electron chi connectivity index (χ0n) is 11.8. The lowest BCUT2D eigenvalue weighted by atomic mass is 9.99. The van der Waals surface area contributed by atoms with Crippen LogP contribution < -0.4 is 10.6 Å². The van der Waals surface area contributed by atoms with Crippen molar-refractivity contribution in [3.63, 3.8) is 0 Å². The summed E-state index contributed by atoms with van der Waals surface area (Å²) in [6, 6.07) is 5.20. The zero-order valence-corrected chi connectivity index (χ0v) is 13.4. The second-order valence-electron chi connectivity index (χ2n) is 5.27. The van der Waals surface area contributed by atoms with E-state index in [4.69, 9.17) is 5.11 Å². The van der Waals surface area contributed by atoms with E-state index in [0.29, 0.717) is 12.1 Å². The molecule has 0 radical (unpaired) electrons. The number of carbonyl (C=O) groups excluding carboxylic acids is 1. The van der Waals surface area contributed by atoms with Gasteiger partial charge in [-0.3, -0.25) is 4.79 Å². The second kappa shape index (κ2) is 6.74. The summed E-state index contributed by atoms with van der Waals surface area (Å²) in [6.07, 6.45) is 0.385. The van der Waals surface area contributed by atoms with Gasteiger partial charge in [-0.2, -0.15) is 0 Å². The van der Waals surface area contributed by atoms with Crippen molar-refractivity contribution >= 4 is 33.6 Å². The van der Waals surface area contributed by atoms with E-state index < -0.39 is 11.5 Å². The topological polar surface area (TPSA) is 78.4 Å². The number of carboxylic acid groups (broad SMARTS) is 1. The van der Waals surface area contributed by atoms with E-state index in [-0.39, 0.29) is 12.5 Å². The summed E-state index contributed by atoms with van der Waals surface area (Å²) in [5, 5.41) is 14.2. The first-order chi connectivity index (χ1) is 9.21. The van der Waals surface area contributed by atoms with Gasteiger partial charge in [0.1, 0.15) is 0 Å². The summed E-state index contributed by atoms with van der Waals surface area (Å²) in [5.41, 5.74) is 1.07. The highest BCUT2D eigenvalue weighted by Crippen LogP contribution is 2.23. The molecule has 5 nitrogen and oxygen atoms in total. The molecule has 0 unspecified atom stereocenters. The van der Waals surface area contributed by atoms with Gasteiger partial charge >= 0.3 is 12.0 Å². The van der Waals surface area contributed by atoms with Gasteiger partial charge in [0.05, 0.1) is 0 Å². The highest BCUT2D eigenvalue weighted by Gasteiger charge is 2.21. The lowest BCUT2D eigenvalue weighted by Gasteiger charge is -2.26. The van der Waals surface area contributed by atoms with Crippen LogP contribution in [0.3, 0.4) is 0 Å². The number of hydrogen-bond donors (Lipinski definition) is 3. The van der Waals surface area contributed by atoms with Crippen molar-refractivity contribution in [3.8, 4) is 0 Å². The predicted molar refractivity (Wildman–Crippen MR) is 82.0 cm³/mol.